The normalized spacial score (nSPS) is 17.8. The lowest BCUT2D eigenvalue weighted by Crippen LogP contribution is -2.33. The van der Waals surface area contributed by atoms with Gasteiger partial charge in [0.2, 0.25) is 11.8 Å². The van der Waals surface area contributed by atoms with Crippen molar-refractivity contribution in [2.24, 2.45) is 4.99 Å². The number of amidine groups is 1. The fourth-order valence-electron chi connectivity index (χ4n) is 2.80. The van der Waals surface area contributed by atoms with E-state index in [1.54, 1.807) is 12.0 Å². The van der Waals surface area contributed by atoms with Crippen molar-refractivity contribution in [1.82, 2.24) is 4.90 Å². The van der Waals surface area contributed by atoms with Gasteiger partial charge in [-0.3, -0.25) is 14.5 Å². The summed E-state index contributed by atoms with van der Waals surface area (Å²) in [7, 11) is 1.61. The average Bonchev–Trinajstić information content (AvgIpc) is 2.98. The maximum atomic E-state index is 12.7. The zero-order valence-corrected chi connectivity index (χ0v) is 17.0. The Morgan fingerprint density at radius 3 is 2.46 bits per heavy atom. The first-order valence-electron chi connectivity index (χ1n) is 9.07. The summed E-state index contributed by atoms with van der Waals surface area (Å²) in [6.07, 6.45) is 0.107. The third-order valence-corrected chi connectivity index (χ3v) is 5.51. The molecule has 1 fully saturated rings. The van der Waals surface area contributed by atoms with Crippen molar-refractivity contribution < 1.29 is 14.3 Å². The van der Waals surface area contributed by atoms with Gasteiger partial charge in [-0.25, -0.2) is 4.99 Å². The molecule has 0 aromatic heterocycles. The molecule has 1 aliphatic heterocycles. The fraction of sp³-hybridized carbons (Fsp3) is 0.286. The summed E-state index contributed by atoms with van der Waals surface area (Å²) in [5, 5.41) is 3.00. The van der Waals surface area contributed by atoms with Gasteiger partial charge >= 0.3 is 0 Å². The van der Waals surface area contributed by atoms with Crippen LogP contribution in [0.5, 0.6) is 5.75 Å². The molecule has 6 nitrogen and oxygen atoms in total. The summed E-state index contributed by atoms with van der Waals surface area (Å²) in [5.41, 5.74) is 2.59. The Hall–Kier alpha value is -2.80. The molecule has 0 saturated carbocycles. The van der Waals surface area contributed by atoms with Crippen LogP contribution < -0.4 is 10.1 Å². The summed E-state index contributed by atoms with van der Waals surface area (Å²) < 4.78 is 5.15. The van der Waals surface area contributed by atoms with E-state index in [4.69, 9.17) is 4.74 Å². The van der Waals surface area contributed by atoms with Crippen LogP contribution in [0.25, 0.3) is 0 Å². The van der Waals surface area contributed by atoms with Gasteiger partial charge in [0.15, 0.2) is 5.17 Å². The van der Waals surface area contributed by atoms with Gasteiger partial charge in [0.1, 0.15) is 11.0 Å². The molecular weight excluding hydrogens is 374 g/mol. The summed E-state index contributed by atoms with van der Waals surface area (Å²) >= 11 is 1.33. The molecular formula is C21H23N3O3S. The van der Waals surface area contributed by atoms with Gasteiger partial charge in [-0.05, 0) is 50.2 Å². The quantitative estimate of drug-likeness (QED) is 0.800. The molecule has 0 aliphatic carbocycles. The summed E-state index contributed by atoms with van der Waals surface area (Å²) in [6, 6.07) is 14.9. The van der Waals surface area contributed by atoms with Crippen molar-refractivity contribution in [2.75, 3.05) is 19.0 Å². The maximum Gasteiger partial charge on any atom is 0.242 e. The number of aryl methyl sites for hydroxylation is 1. The Balaban J connectivity index is 1.68. The second kappa shape index (κ2) is 8.93. The molecule has 2 aromatic carbocycles. The molecule has 0 bridgehead atoms. The highest BCUT2D eigenvalue weighted by atomic mass is 32.2. The van der Waals surface area contributed by atoms with Crippen LogP contribution in [0, 0.1) is 6.92 Å². The second-order valence-electron chi connectivity index (χ2n) is 6.40. The SMILES string of the molecule is CCN1C(=O)C(CC(=O)Nc2ccc(C)cc2)SC1=Nc1ccc(OC)cc1. The van der Waals surface area contributed by atoms with Crippen LogP contribution in [-0.4, -0.2) is 40.8 Å². The Labute approximate surface area is 169 Å². The van der Waals surface area contributed by atoms with Gasteiger partial charge in [-0.15, -0.1) is 0 Å². The minimum atomic E-state index is -0.470. The van der Waals surface area contributed by atoms with Gasteiger partial charge in [0.05, 0.1) is 12.8 Å². The predicted molar refractivity (Wildman–Crippen MR) is 113 cm³/mol. The predicted octanol–water partition coefficient (Wildman–Crippen LogP) is 3.98. The molecule has 1 heterocycles. The van der Waals surface area contributed by atoms with E-state index in [9.17, 15) is 9.59 Å². The Morgan fingerprint density at radius 2 is 1.86 bits per heavy atom. The number of nitrogens with zero attached hydrogens (tertiary/aromatic N) is 2. The van der Waals surface area contributed by atoms with Crippen LogP contribution in [-0.2, 0) is 9.59 Å². The standard InChI is InChI=1S/C21H23N3O3S/c1-4-24-20(26)18(13-19(25)22-15-7-5-14(2)6-8-15)28-21(24)23-16-9-11-17(27-3)12-10-16/h5-12,18H,4,13H2,1-3H3,(H,22,25). The molecule has 3 rings (SSSR count). The molecule has 2 amide bonds. The van der Waals surface area contributed by atoms with Crippen molar-refractivity contribution in [3.05, 3.63) is 54.1 Å². The molecule has 2 aromatic rings. The molecule has 1 unspecified atom stereocenters. The number of thioether (sulfide) groups is 1. The van der Waals surface area contributed by atoms with Crippen LogP contribution in [0.1, 0.15) is 18.9 Å². The van der Waals surface area contributed by atoms with Crippen molar-refractivity contribution in [3.8, 4) is 5.75 Å². The largest absolute Gasteiger partial charge is 0.497 e. The number of hydrogen-bond donors (Lipinski definition) is 1. The first-order valence-corrected chi connectivity index (χ1v) is 9.95. The number of rotatable bonds is 6. The highest BCUT2D eigenvalue weighted by Crippen LogP contribution is 2.32. The van der Waals surface area contributed by atoms with E-state index in [1.165, 1.54) is 11.8 Å². The maximum absolute atomic E-state index is 12.7. The zero-order valence-electron chi connectivity index (χ0n) is 16.1. The number of aliphatic imine (C=N–C) groups is 1. The van der Waals surface area contributed by atoms with E-state index >= 15 is 0 Å². The number of carbonyl (C=O) groups excluding carboxylic acids is 2. The zero-order chi connectivity index (χ0) is 20.1. The van der Waals surface area contributed by atoms with E-state index in [-0.39, 0.29) is 18.2 Å². The van der Waals surface area contributed by atoms with E-state index in [2.05, 4.69) is 10.3 Å². The summed E-state index contributed by atoms with van der Waals surface area (Å²) in [6.45, 7) is 4.40. The Morgan fingerprint density at radius 1 is 1.18 bits per heavy atom. The number of benzene rings is 2. The molecule has 0 spiro atoms. The Kier molecular flexibility index (Phi) is 6.36. The van der Waals surface area contributed by atoms with Crippen LogP contribution in [0.3, 0.4) is 0 Å². The van der Waals surface area contributed by atoms with Crippen LogP contribution in [0.4, 0.5) is 11.4 Å². The first-order chi connectivity index (χ1) is 13.5. The van der Waals surface area contributed by atoms with Crippen LogP contribution in [0.2, 0.25) is 0 Å². The first kappa shape index (κ1) is 19.9. The number of hydrogen-bond acceptors (Lipinski definition) is 5. The number of nitrogens with one attached hydrogen (secondary N) is 1. The molecule has 1 atom stereocenters. The fourth-order valence-corrected chi connectivity index (χ4v) is 4.02. The third kappa shape index (κ3) is 4.72. The van der Waals surface area contributed by atoms with Gasteiger partial charge in [0, 0.05) is 18.7 Å². The molecule has 1 N–H and O–H groups in total. The van der Waals surface area contributed by atoms with E-state index < -0.39 is 5.25 Å². The molecule has 146 valence electrons. The second-order valence-corrected chi connectivity index (χ2v) is 7.57. The number of anilines is 1. The summed E-state index contributed by atoms with van der Waals surface area (Å²) in [4.78, 5) is 31.3. The third-order valence-electron chi connectivity index (χ3n) is 4.34. The number of amides is 2. The number of methoxy groups -OCH3 is 1. The van der Waals surface area contributed by atoms with E-state index in [1.807, 2.05) is 62.4 Å². The monoisotopic (exact) mass is 397 g/mol. The minimum absolute atomic E-state index is 0.0844. The molecule has 1 saturated heterocycles. The highest BCUT2D eigenvalue weighted by molar-refractivity contribution is 8.15. The van der Waals surface area contributed by atoms with E-state index in [0.717, 1.165) is 22.7 Å². The van der Waals surface area contributed by atoms with Gasteiger partial charge in [-0.1, -0.05) is 29.5 Å². The van der Waals surface area contributed by atoms with Crippen molar-refractivity contribution in [2.45, 2.75) is 25.5 Å². The molecule has 28 heavy (non-hydrogen) atoms. The number of carbonyl (C=O) groups is 2. The van der Waals surface area contributed by atoms with Gasteiger partial charge in [0.25, 0.3) is 0 Å². The topological polar surface area (TPSA) is 71.0 Å². The van der Waals surface area contributed by atoms with Crippen molar-refractivity contribution in [3.63, 3.8) is 0 Å². The lowest BCUT2D eigenvalue weighted by atomic mass is 10.2. The molecule has 7 heteroatoms. The lowest BCUT2D eigenvalue weighted by molar-refractivity contribution is -0.128. The van der Waals surface area contributed by atoms with Crippen LogP contribution in [0.15, 0.2) is 53.5 Å². The number of ether oxygens (including phenoxy) is 1. The summed E-state index contributed by atoms with van der Waals surface area (Å²) in [5.74, 6) is 0.479. The van der Waals surface area contributed by atoms with Gasteiger partial charge in [-0.2, -0.15) is 0 Å². The van der Waals surface area contributed by atoms with Gasteiger partial charge < -0.3 is 10.1 Å². The Bertz CT molecular complexity index is 879. The van der Waals surface area contributed by atoms with Crippen molar-refractivity contribution in [1.29, 1.82) is 0 Å². The lowest BCUT2D eigenvalue weighted by Gasteiger charge is -2.13. The van der Waals surface area contributed by atoms with Crippen LogP contribution >= 0.6 is 11.8 Å². The molecule has 0 radical (unpaired) electrons. The minimum Gasteiger partial charge on any atom is -0.497 e. The average molecular weight is 398 g/mol. The molecule has 1 aliphatic rings. The smallest absolute Gasteiger partial charge is 0.242 e. The van der Waals surface area contributed by atoms with Crippen molar-refractivity contribution >= 4 is 40.1 Å². The van der Waals surface area contributed by atoms with E-state index in [0.29, 0.717) is 11.7 Å². The highest BCUT2D eigenvalue weighted by Gasteiger charge is 2.38.